The van der Waals surface area contributed by atoms with Crippen LogP contribution in [0.4, 0.5) is 5.82 Å². The highest BCUT2D eigenvalue weighted by atomic mass is 32.2. The SMILES string of the molecule is CCc1ccc(S(=O)(=O)N2CCN(c3cc(-n4ccc(C)n4)ncn3)CC2)cc1. The second kappa shape index (κ2) is 7.92. The van der Waals surface area contributed by atoms with Crippen LogP contribution in [0.1, 0.15) is 18.2 Å². The lowest BCUT2D eigenvalue weighted by Gasteiger charge is -2.34. The Bertz CT molecular complexity index is 1090. The third-order valence-corrected chi connectivity index (χ3v) is 7.04. The summed E-state index contributed by atoms with van der Waals surface area (Å²) < 4.78 is 29.1. The first-order valence-corrected chi connectivity index (χ1v) is 11.1. The van der Waals surface area contributed by atoms with Crippen LogP contribution in [0.15, 0.2) is 53.8 Å². The van der Waals surface area contributed by atoms with Crippen LogP contribution >= 0.6 is 0 Å². The molecule has 1 aliphatic rings. The quantitative estimate of drug-likeness (QED) is 0.638. The molecule has 3 heterocycles. The van der Waals surface area contributed by atoms with Crippen molar-refractivity contribution in [1.82, 2.24) is 24.1 Å². The number of hydrogen-bond acceptors (Lipinski definition) is 6. The molecular formula is C20H24N6O2S. The largest absolute Gasteiger partial charge is 0.354 e. The van der Waals surface area contributed by atoms with Crippen LogP contribution in [0.25, 0.3) is 5.82 Å². The van der Waals surface area contributed by atoms with E-state index in [0.717, 1.165) is 23.5 Å². The van der Waals surface area contributed by atoms with Crippen molar-refractivity contribution in [2.45, 2.75) is 25.2 Å². The van der Waals surface area contributed by atoms with Gasteiger partial charge in [-0.15, -0.1) is 0 Å². The monoisotopic (exact) mass is 412 g/mol. The van der Waals surface area contributed by atoms with Gasteiger partial charge in [0.2, 0.25) is 10.0 Å². The Morgan fingerprint density at radius 3 is 2.28 bits per heavy atom. The number of rotatable bonds is 5. The summed E-state index contributed by atoms with van der Waals surface area (Å²) in [6, 6.07) is 10.9. The van der Waals surface area contributed by atoms with Crippen LogP contribution in [-0.4, -0.2) is 58.7 Å². The zero-order chi connectivity index (χ0) is 20.4. The van der Waals surface area contributed by atoms with Crippen molar-refractivity contribution < 1.29 is 8.42 Å². The molecule has 3 aromatic rings. The van der Waals surface area contributed by atoms with Gasteiger partial charge in [0.25, 0.3) is 0 Å². The maximum absolute atomic E-state index is 12.9. The molecule has 0 atom stereocenters. The van der Waals surface area contributed by atoms with Gasteiger partial charge in [0.15, 0.2) is 5.82 Å². The minimum Gasteiger partial charge on any atom is -0.354 e. The van der Waals surface area contributed by atoms with Gasteiger partial charge in [0.05, 0.1) is 10.6 Å². The molecule has 0 aliphatic carbocycles. The predicted molar refractivity (Wildman–Crippen MR) is 111 cm³/mol. The molecule has 9 heteroatoms. The Morgan fingerprint density at radius 1 is 0.966 bits per heavy atom. The number of anilines is 1. The number of piperazine rings is 1. The molecular weight excluding hydrogens is 388 g/mol. The Morgan fingerprint density at radius 2 is 1.66 bits per heavy atom. The lowest BCUT2D eigenvalue weighted by atomic mass is 10.2. The Kier molecular flexibility index (Phi) is 5.33. The van der Waals surface area contributed by atoms with E-state index in [1.807, 2.05) is 37.4 Å². The molecule has 1 fully saturated rings. The molecule has 152 valence electrons. The maximum atomic E-state index is 12.9. The molecule has 0 N–H and O–H groups in total. The maximum Gasteiger partial charge on any atom is 0.243 e. The number of hydrogen-bond donors (Lipinski definition) is 0. The highest BCUT2D eigenvalue weighted by Crippen LogP contribution is 2.21. The van der Waals surface area contributed by atoms with Crippen molar-refractivity contribution in [2.24, 2.45) is 0 Å². The van der Waals surface area contributed by atoms with Crippen molar-refractivity contribution in [3.05, 3.63) is 60.2 Å². The van der Waals surface area contributed by atoms with Gasteiger partial charge >= 0.3 is 0 Å². The van der Waals surface area contributed by atoms with Gasteiger partial charge in [0, 0.05) is 38.4 Å². The molecule has 0 saturated carbocycles. The van der Waals surface area contributed by atoms with Gasteiger partial charge in [0.1, 0.15) is 12.1 Å². The van der Waals surface area contributed by atoms with Crippen molar-refractivity contribution >= 4 is 15.8 Å². The molecule has 0 bridgehead atoms. The fourth-order valence-corrected chi connectivity index (χ4v) is 4.80. The minimum absolute atomic E-state index is 0.349. The first-order valence-electron chi connectivity index (χ1n) is 9.66. The number of aryl methyl sites for hydroxylation is 2. The lowest BCUT2D eigenvalue weighted by Crippen LogP contribution is -2.48. The molecule has 1 aromatic carbocycles. The summed E-state index contributed by atoms with van der Waals surface area (Å²) in [6.07, 6.45) is 4.26. The molecule has 4 rings (SSSR count). The molecule has 1 saturated heterocycles. The second-order valence-corrected chi connectivity index (χ2v) is 8.96. The fourth-order valence-electron chi connectivity index (χ4n) is 3.38. The summed E-state index contributed by atoms with van der Waals surface area (Å²) in [7, 11) is -3.48. The van der Waals surface area contributed by atoms with E-state index in [1.165, 1.54) is 6.33 Å². The molecule has 0 radical (unpaired) electrons. The van der Waals surface area contributed by atoms with Gasteiger partial charge in [-0.2, -0.15) is 9.40 Å². The van der Waals surface area contributed by atoms with E-state index in [9.17, 15) is 8.42 Å². The van der Waals surface area contributed by atoms with Crippen molar-refractivity contribution in [2.75, 3.05) is 31.1 Å². The van der Waals surface area contributed by atoms with Crippen LogP contribution in [0.5, 0.6) is 0 Å². The zero-order valence-corrected chi connectivity index (χ0v) is 17.4. The minimum atomic E-state index is -3.48. The van der Waals surface area contributed by atoms with E-state index >= 15 is 0 Å². The number of benzene rings is 1. The molecule has 8 nitrogen and oxygen atoms in total. The van der Waals surface area contributed by atoms with Gasteiger partial charge in [-0.05, 0) is 37.1 Å². The Hall–Kier alpha value is -2.78. The summed E-state index contributed by atoms with van der Waals surface area (Å²) in [5.41, 5.74) is 2.04. The van der Waals surface area contributed by atoms with E-state index in [1.54, 1.807) is 21.1 Å². The third-order valence-electron chi connectivity index (χ3n) is 5.13. The van der Waals surface area contributed by atoms with E-state index in [2.05, 4.69) is 26.9 Å². The fraction of sp³-hybridized carbons (Fsp3) is 0.350. The summed E-state index contributed by atoms with van der Waals surface area (Å²) in [5, 5.41) is 4.38. The summed E-state index contributed by atoms with van der Waals surface area (Å²) in [4.78, 5) is 11.1. The van der Waals surface area contributed by atoms with Gasteiger partial charge < -0.3 is 4.90 Å². The first-order chi connectivity index (χ1) is 14.0. The summed E-state index contributed by atoms with van der Waals surface area (Å²) >= 11 is 0. The molecule has 0 unspecified atom stereocenters. The average Bonchev–Trinajstić information content (AvgIpc) is 3.20. The molecule has 2 aromatic heterocycles. The van der Waals surface area contributed by atoms with Crippen LogP contribution in [0.2, 0.25) is 0 Å². The summed E-state index contributed by atoms with van der Waals surface area (Å²) in [6.45, 7) is 5.95. The first kappa shape index (κ1) is 19.5. The lowest BCUT2D eigenvalue weighted by molar-refractivity contribution is 0.383. The van der Waals surface area contributed by atoms with Crippen LogP contribution in [0.3, 0.4) is 0 Å². The molecule has 29 heavy (non-hydrogen) atoms. The van der Waals surface area contributed by atoms with E-state index in [0.29, 0.717) is 36.9 Å². The van der Waals surface area contributed by atoms with E-state index in [4.69, 9.17) is 0 Å². The van der Waals surface area contributed by atoms with Crippen molar-refractivity contribution in [3.63, 3.8) is 0 Å². The second-order valence-electron chi connectivity index (χ2n) is 7.02. The highest BCUT2D eigenvalue weighted by Gasteiger charge is 2.29. The predicted octanol–water partition coefficient (Wildman–Crippen LogP) is 2.04. The van der Waals surface area contributed by atoms with Crippen molar-refractivity contribution in [1.29, 1.82) is 0 Å². The van der Waals surface area contributed by atoms with Crippen LogP contribution in [0, 0.1) is 6.92 Å². The molecule has 0 spiro atoms. The zero-order valence-electron chi connectivity index (χ0n) is 16.6. The van der Waals surface area contributed by atoms with E-state index < -0.39 is 10.0 Å². The highest BCUT2D eigenvalue weighted by molar-refractivity contribution is 7.89. The van der Waals surface area contributed by atoms with Gasteiger partial charge in [-0.3, -0.25) is 0 Å². The Labute approximate surface area is 170 Å². The van der Waals surface area contributed by atoms with Gasteiger partial charge in [-0.25, -0.2) is 23.1 Å². The number of nitrogens with zero attached hydrogens (tertiary/aromatic N) is 6. The molecule has 0 amide bonds. The Balaban J connectivity index is 1.46. The molecule has 1 aliphatic heterocycles. The van der Waals surface area contributed by atoms with Crippen LogP contribution in [-0.2, 0) is 16.4 Å². The van der Waals surface area contributed by atoms with Crippen molar-refractivity contribution in [3.8, 4) is 5.82 Å². The standard InChI is InChI=1S/C20H24N6O2S/c1-3-17-4-6-18(7-5-17)29(27,28)25-12-10-24(11-13-25)19-14-20(22-15-21-19)26-9-8-16(2)23-26/h4-9,14-15H,3,10-13H2,1-2H3. The third kappa shape index (κ3) is 4.01. The summed E-state index contributed by atoms with van der Waals surface area (Å²) in [5.74, 6) is 1.46. The van der Waals surface area contributed by atoms with Gasteiger partial charge in [-0.1, -0.05) is 19.1 Å². The normalized spacial score (nSPS) is 15.6. The topological polar surface area (TPSA) is 84.2 Å². The average molecular weight is 413 g/mol. The van der Waals surface area contributed by atoms with Crippen LogP contribution < -0.4 is 4.90 Å². The van der Waals surface area contributed by atoms with E-state index in [-0.39, 0.29) is 0 Å². The smallest absolute Gasteiger partial charge is 0.243 e. The number of aromatic nitrogens is 4. The number of sulfonamides is 1.